The second-order valence-corrected chi connectivity index (χ2v) is 8.66. The lowest BCUT2D eigenvalue weighted by Crippen LogP contribution is -2.36. The van der Waals surface area contributed by atoms with Gasteiger partial charge in [-0.05, 0) is 67.9 Å². The zero-order valence-electron chi connectivity index (χ0n) is 19.7. The molecule has 1 aliphatic heterocycles. The maximum atomic E-state index is 13.2. The van der Waals surface area contributed by atoms with Crippen LogP contribution < -0.4 is 20.3 Å². The SMILES string of the molecule is COc1ccc(-c2ccc(CO)o2)cc1NC(=S)NC(=O)c1cc([N+](=O)[O-])ccc1N1CCCCC1. The number of hydrogen-bond donors (Lipinski definition) is 3. The van der Waals surface area contributed by atoms with Crippen LogP contribution in [0.5, 0.6) is 5.75 Å². The van der Waals surface area contributed by atoms with E-state index in [1.54, 1.807) is 36.4 Å². The van der Waals surface area contributed by atoms with Crippen LogP contribution in [0.3, 0.4) is 0 Å². The number of aliphatic hydroxyl groups excluding tert-OH is 1. The van der Waals surface area contributed by atoms with Crippen molar-refractivity contribution in [2.45, 2.75) is 25.9 Å². The van der Waals surface area contributed by atoms with E-state index in [0.717, 1.165) is 32.4 Å². The molecule has 11 heteroatoms. The Balaban J connectivity index is 1.55. The zero-order valence-corrected chi connectivity index (χ0v) is 20.5. The summed E-state index contributed by atoms with van der Waals surface area (Å²) in [6.07, 6.45) is 3.09. The molecule has 36 heavy (non-hydrogen) atoms. The minimum Gasteiger partial charge on any atom is -0.495 e. The monoisotopic (exact) mass is 510 g/mol. The molecule has 188 valence electrons. The highest BCUT2D eigenvalue weighted by molar-refractivity contribution is 7.80. The van der Waals surface area contributed by atoms with Gasteiger partial charge in [-0.3, -0.25) is 20.2 Å². The van der Waals surface area contributed by atoms with Crippen LogP contribution in [0.25, 0.3) is 11.3 Å². The molecule has 0 radical (unpaired) electrons. The number of nitro groups is 1. The molecule has 3 N–H and O–H groups in total. The molecule has 0 saturated carbocycles. The maximum absolute atomic E-state index is 13.2. The molecule has 1 saturated heterocycles. The van der Waals surface area contributed by atoms with E-state index in [2.05, 4.69) is 15.5 Å². The number of nitrogens with zero attached hydrogens (tertiary/aromatic N) is 2. The summed E-state index contributed by atoms with van der Waals surface area (Å²) in [6, 6.07) is 13.0. The molecule has 1 amide bonds. The Morgan fingerprint density at radius 1 is 1.17 bits per heavy atom. The van der Waals surface area contributed by atoms with Crippen molar-refractivity contribution < 1.29 is 24.0 Å². The van der Waals surface area contributed by atoms with Crippen molar-refractivity contribution in [1.29, 1.82) is 0 Å². The number of methoxy groups -OCH3 is 1. The molecule has 1 aromatic heterocycles. The number of benzene rings is 2. The predicted octanol–water partition coefficient (Wildman–Crippen LogP) is 4.47. The second-order valence-electron chi connectivity index (χ2n) is 8.25. The fourth-order valence-corrected chi connectivity index (χ4v) is 4.33. The average molecular weight is 511 g/mol. The Hall–Kier alpha value is -3.96. The summed E-state index contributed by atoms with van der Waals surface area (Å²) < 4.78 is 11.0. The van der Waals surface area contributed by atoms with Gasteiger partial charge in [-0.1, -0.05) is 0 Å². The van der Waals surface area contributed by atoms with Crippen molar-refractivity contribution in [3.63, 3.8) is 0 Å². The Bertz CT molecular complexity index is 1290. The van der Waals surface area contributed by atoms with Gasteiger partial charge in [-0.15, -0.1) is 0 Å². The normalized spacial score (nSPS) is 13.2. The number of thiocarbonyl (C=S) groups is 1. The lowest BCUT2D eigenvalue weighted by Gasteiger charge is -2.30. The lowest BCUT2D eigenvalue weighted by atomic mass is 10.1. The second kappa shape index (κ2) is 11.2. The molecule has 0 atom stereocenters. The molecule has 0 aliphatic carbocycles. The van der Waals surface area contributed by atoms with Gasteiger partial charge < -0.3 is 24.5 Å². The third-order valence-corrected chi connectivity index (χ3v) is 6.11. The van der Waals surface area contributed by atoms with Crippen molar-refractivity contribution >= 4 is 40.3 Å². The van der Waals surface area contributed by atoms with E-state index < -0.39 is 10.8 Å². The fraction of sp³-hybridized carbons (Fsp3) is 0.280. The standard InChI is InChI=1S/C25H26N4O6S/c1-34-23-9-5-16(22-10-7-18(15-30)35-22)13-20(23)26-25(36)27-24(31)19-14-17(29(32)33)6-8-21(19)28-11-3-2-4-12-28/h5-10,13-14,30H,2-4,11-12,15H2,1H3,(H2,26,27,31,36). The number of rotatable bonds is 7. The number of anilines is 2. The number of amides is 1. The molecule has 2 aromatic carbocycles. The summed E-state index contributed by atoms with van der Waals surface area (Å²) in [5.74, 6) is 0.904. The van der Waals surface area contributed by atoms with Gasteiger partial charge in [0.25, 0.3) is 11.6 Å². The Morgan fingerprint density at radius 3 is 2.61 bits per heavy atom. The number of aliphatic hydroxyl groups is 1. The molecule has 4 rings (SSSR count). The number of ether oxygens (including phenoxy) is 1. The third-order valence-electron chi connectivity index (χ3n) is 5.91. The third kappa shape index (κ3) is 5.64. The average Bonchev–Trinajstić information content (AvgIpc) is 3.38. The minimum atomic E-state index is -0.550. The van der Waals surface area contributed by atoms with Crippen LogP contribution in [0.4, 0.5) is 17.1 Å². The molecule has 1 aliphatic rings. The smallest absolute Gasteiger partial charge is 0.270 e. The number of carbonyl (C=O) groups excluding carboxylic acids is 1. The summed E-state index contributed by atoms with van der Waals surface area (Å²) >= 11 is 5.38. The molecular formula is C25H26N4O6S. The first-order valence-corrected chi connectivity index (χ1v) is 11.8. The van der Waals surface area contributed by atoms with Crippen molar-refractivity contribution in [2.75, 3.05) is 30.4 Å². The van der Waals surface area contributed by atoms with Crippen molar-refractivity contribution in [2.24, 2.45) is 0 Å². The van der Waals surface area contributed by atoms with Crippen LogP contribution in [-0.2, 0) is 6.61 Å². The highest BCUT2D eigenvalue weighted by Crippen LogP contribution is 2.32. The first-order valence-electron chi connectivity index (χ1n) is 11.4. The van der Waals surface area contributed by atoms with Crippen LogP contribution in [0.1, 0.15) is 35.4 Å². The van der Waals surface area contributed by atoms with E-state index in [1.165, 1.54) is 19.2 Å². The van der Waals surface area contributed by atoms with Crippen LogP contribution in [-0.4, -0.2) is 41.2 Å². The summed E-state index contributed by atoms with van der Waals surface area (Å²) in [6.45, 7) is 1.33. The molecule has 0 bridgehead atoms. The van der Waals surface area contributed by atoms with E-state index in [9.17, 15) is 20.0 Å². The first-order chi connectivity index (χ1) is 17.4. The van der Waals surface area contributed by atoms with E-state index >= 15 is 0 Å². The molecule has 3 aromatic rings. The maximum Gasteiger partial charge on any atom is 0.270 e. The number of furan rings is 1. The topological polar surface area (TPSA) is 130 Å². The van der Waals surface area contributed by atoms with Crippen LogP contribution in [0.15, 0.2) is 52.9 Å². The van der Waals surface area contributed by atoms with E-state index in [-0.39, 0.29) is 23.0 Å². The summed E-state index contributed by atoms with van der Waals surface area (Å²) in [4.78, 5) is 26.1. The fourth-order valence-electron chi connectivity index (χ4n) is 4.13. The van der Waals surface area contributed by atoms with Crippen molar-refractivity contribution in [3.05, 3.63) is 70.0 Å². The van der Waals surface area contributed by atoms with Gasteiger partial charge in [0.2, 0.25) is 0 Å². The highest BCUT2D eigenvalue weighted by Gasteiger charge is 2.23. The molecule has 0 unspecified atom stereocenters. The zero-order chi connectivity index (χ0) is 25.7. The molecule has 1 fully saturated rings. The minimum absolute atomic E-state index is 0.00189. The van der Waals surface area contributed by atoms with Crippen LogP contribution >= 0.6 is 12.2 Å². The van der Waals surface area contributed by atoms with Gasteiger partial charge in [0.1, 0.15) is 23.9 Å². The van der Waals surface area contributed by atoms with Gasteiger partial charge in [0, 0.05) is 30.8 Å². The first kappa shape index (κ1) is 25.1. The Kier molecular flexibility index (Phi) is 7.81. The number of nitrogens with one attached hydrogen (secondary N) is 2. The van der Waals surface area contributed by atoms with E-state index in [4.69, 9.17) is 21.4 Å². The molecule has 10 nitrogen and oxygen atoms in total. The summed E-state index contributed by atoms with van der Waals surface area (Å²) in [5.41, 5.74) is 1.84. The summed E-state index contributed by atoms with van der Waals surface area (Å²) in [5, 5.41) is 26.2. The van der Waals surface area contributed by atoms with Gasteiger partial charge >= 0.3 is 0 Å². The van der Waals surface area contributed by atoms with Crippen LogP contribution in [0.2, 0.25) is 0 Å². The van der Waals surface area contributed by atoms with E-state index in [1.807, 2.05) is 0 Å². The lowest BCUT2D eigenvalue weighted by molar-refractivity contribution is -0.384. The van der Waals surface area contributed by atoms with E-state index in [0.29, 0.717) is 34.2 Å². The number of hydrogen-bond acceptors (Lipinski definition) is 8. The number of non-ortho nitro benzene ring substituents is 1. The quantitative estimate of drug-likeness (QED) is 0.239. The van der Waals surface area contributed by atoms with Gasteiger partial charge in [-0.25, -0.2) is 0 Å². The largest absolute Gasteiger partial charge is 0.495 e. The molecule has 0 spiro atoms. The molecule has 2 heterocycles. The van der Waals surface area contributed by atoms with Crippen LogP contribution in [0, 0.1) is 10.1 Å². The summed E-state index contributed by atoms with van der Waals surface area (Å²) in [7, 11) is 1.51. The van der Waals surface area contributed by atoms with Gasteiger partial charge in [0.15, 0.2) is 5.11 Å². The van der Waals surface area contributed by atoms with Gasteiger partial charge in [0.05, 0.1) is 29.0 Å². The molecular weight excluding hydrogens is 484 g/mol. The number of carbonyl (C=O) groups is 1. The Labute approximate surface area is 213 Å². The number of nitro benzene ring substituents is 1. The number of piperidine rings is 1. The van der Waals surface area contributed by atoms with Crippen molar-refractivity contribution in [1.82, 2.24) is 5.32 Å². The predicted molar refractivity (Wildman–Crippen MR) is 139 cm³/mol. The Morgan fingerprint density at radius 2 is 1.94 bits per heavy atom. The highest BCUT2D eigenvalue weighted by atomic mass is 32.1. The van der Waals surface area contributed by atoms with Gasteiger partial charge in [-0.2, -0.15) is 0 Å². The van der Waals surface area contributed by atoms with Crippen molar-refractivity contribution in [3.8, 4) is 17.1 Å².